The maximum Gasteiger partial charge on any atom is 0.396 e. The maximum absolute atomic E-state index is 14.2. The van der Waals surface area contributed by atoms with Crippen LogP contribution in [-0.2, 0) is 4.79 Å². The highest BCUT2D eigenvalue weighted by atomic mass is 35.5. The van der Waals surface area contributed by atoms with E-state index in [0.717, 1.165) is 24.3 Å². The molecule has 0 aromatic heterocycles. The molecular weight excluding hydrogens is 551 g/mol. The molecule has 1 aromatic carbocycles. The van der Waals surface area contributed by atoms with Gasteiger partial charge in [-0.25, -0.2) is 18.0 Å². The van der Waals surface area contributed by atoms with Crippen molar-refractivity contribution in [1.29, 1.82) is 0 Å². The van der Waals surface area contributed by atoms with Crippen LogP contribution in [0.15, 0.2) is 30.3 Å². The fourth-order valence-corrected chi connectivity index (χ4v) is 2.57. The minimum absolute atomic E-state index is 0.767. The minimum atomic E-state index is -7.21. The van der Waals surface area contributed by atoms with Crippen LogP contribution in [0.4, 0.5) is 48.3 Å². The number of rotatable bonds is 8. The number of benzene rings is 1. The Balaban J connectivity index is 3.48. The molecule has 1 rings (SSSR count). The van der Waals surface area contributed by atoms with Gasteiger partial charge in [-0.1, -0.05) is 53.0 Å². The summed E-state index contributed by atoms with van der Waals surface area (Å²) in [4.78, 5) is 11.4. The molecule has 0 spiro atoms. The van der Waals surface area contributed by atoms with Crippen LogP contribution in [0, 0.1) is 0 Å². The first-order valence-corrected chi connectivity index (χ1v) is 8.62. The largest absolute Gasteiger partial charge is 0.422 e. The van der Waals surface area contributed by atoms with Gasteiger partial charge < -0.3 is 4.74 Å². The number of esters is 1. The minimum Gasteiger partial charge on any atom is -0.422 e. The van der Waals surface area contributed by atoms with E-state index in [9.17, 15) is 53.1 Å². The Morgan fingerprint density at radius 3 is 1.42 bits per heavy atom. The average Bonchev–Trinajstić information content (AvgIpc) is 2.60. The van der Waals surface area contributed by atoms with E-state index in [0.29, 0.717) is 0 Å². The Bertz CT molecular complexity index is 810. The Labute approximate surface area is 185 Å². The van der Waals surface area contributed by atoms with E-state index in [1.54, 1.807) is 0 Å². The summed E-state index contributed by atoms with van der Waals surface area (Å²) in [5.41, 5.74) is 0. The van der Waals surface area contributed by atoms with Crippen molar-refractivity contribution in [3.63, 3.8) is 0 Å². The van der Waals surface area contributed by atoms with Gasteiger partial charge in [0.1, 0.15) is 5.75 Å². The molecule has 0 radical (unpaired) electrons. The number of ether oxygens (including phenoxy) is 1. The summed E-state index contributed by atoms with van der Waals surface area (Å²) in [7, 11) is 0. The van der Waals surface area contributed by atoms with Gasteiger partial charge in [0, 0.05) is 0 Å². The Hall–Kier alpha value is -0.920. The van der Waals surface area contributed by atoms with Crippen molar-refractivity contribution in [3.8, 4) is 5.75 Å². The molecule has 17 heteroatoms. The van der Waals surface area contributed by atoms with Gasteiger partial charge in [0.25, 0.3) is 0 Å². The van der Waals surface area contributed by atoms with Gasteiger partial charge in [0.05, 0.1) is 0 Å². The molecule has 0 bridgehead atoms. The first-order chi connectivity index (χ1) is 13.5. The summed E-state index contributed by atoms with van der Waals surface area (Å²) >= 11 is 16.2. The van der Waals surface area contributed by atoms with Gasteiger partial charge in [-0.05, 0) is 23.7 Å². The number of hydrogen-bond acceptors (Lipinski definition) is 2. The lowest BCUT2D eigenvalue weighted by atomic mass is 9.94. The molecule has 3 unspecified atom stereocenters. The van der Waals surface area contributed by atoms with Crippen molar-refractivity contribution in [2.75, 3.05) is 0 Å². The molecule has 0 N–H and O–H groups in total. The van der Waals surface area contributed by atoms with E-state index < -0.39 is 50.3 Å². The lowest BCUT2D eigenvalue weighted by Crippen LogP contribution is -2.72. The maximum atomic E-state index is 14.2. The zero-order chi connectivity index (χ0) is 24.9. The number of hydrogen-bond donors (Lipinski definition) is 0. The highest BCUT2D eigenvalue weighted by Crippen LogP contribution is 2.64. The van der Waals surface area contributed by atoms with Gasteiger partial charge in [-0.15, -0.1) is 0 Å². The fraction of sp³-hybridized carbons (Fsp3) is 0.500. The van der Waals surface area contributed by atoms with Crippen molar-refractivity contribution >= 4 is 52.4 Å². The fourth-order valence-electron chi connectivity index (χ4n) is 1.75. The first-order valence-electron chi connectivity index (χ1n) is 7.11. The third-order valence-electron chi connectivity index (χ3n) is 3.54. The number of halogens is 15. The standard InChI is InChI=1S/C14H5Cl4F11O2/c15-9(21,8(19,20)7(30)31-6-4-2-1-3-5-6)12(24,25)10(16,22)13(26,27)11(17,23)14(18,28)29/h1-5H. The van der Waals surface area contributed by atoms with Crippen LogP contribution >= 0.6 is 46.4 Å². The third-order valence-corrected chi connectivity index (χ3v) is 5.32. The van der Waals surface area contributed by atoms with Crippen molar-refractivity contribution in [2.45, 2.75) is 38.5 Å². The molecule has 0 fully saturated rings. The molecule has 0 heterocycles. The Morgan fingerprint density at radius 1 is 0.645 bits per heavy atom. The Kier molecular flexibility index (Phi) is 7.38. The second-order valence-electron chi connectivity index (χ2n) is 5.65. The predicted octanol–water partition coefficient (Wildman–Crippen LogP) is 7.04. The lowest BCUT2D eigenvalue weighted by Gasteiger charge is -2.43. The molecule has 0 saturated carbocycles. The topological polar surface area (TPSA) is 26.3 Å². The number of carbonyl (C=O) groups is 1. The molecule has 178 valence electrons. The van der Waals surface area contributed by atoms with Crippen molar-refractivity contribution in [2.24, 2.45) is 0 Å². The first kappa shape index (κ1) is 28.1. The molecule has 1 aromatic rings. The molecule has 0 amide bonds. The van der Waals surface area contributed by atoms with Crippen LogP contribution in [0.3, 0.4) is 0 Å². The van der Waals surface area contributed by atoms with Crippen LogP contribution in [-0.4, -0.2) is 44.5 Å². The van der Waals surface area contributed by atoms with Crippen LogP contribution in [0.25, 0.3) is 0 Å². The zero-order valence-corrected chi connectivity index (χ0v) is 16.9. The van der Waals surface area contributed by atoms with Gasteiger partial charge in [-0.3, -0.25) is 0 Å². The second-order valence-corrected chi connectivity index (χ2v) is 7.68. The zero-order valence-electron chi connectivity index (χ0n) is 13.9. The molecular formula is C14H5Cl4F11O2. The SMILES string of the molecule is O=C(Oc1ccccc1)C(F)(F)C(F)(Cl)C(F)(F)C(F)(Cl)C(F)(F)C(F)(Cl)C(F)(F)Cl. The van der Waals surface area contributed by atoms with Gasteiger partial charge in [0.15, 0.2) is 0 Å². The van der Waals surface area contributed by atoms with Crippen molar-refractivity contribution in [3.05, 3.63) is 30.3 Å². The highest BCUT2D eigenvalue weighted by molar-refractivity contribution is 6.34. The molecule has 0 aliphatic rings. The molecule has 0 aliphatic heterocycles. The molecule has 31 heavy (non-hydrogen) atoms. The monoisotopic (exact) mass is 554 g/mol. The molecule has 3 atom stereocenters. The van der Waals surface area contributed by atoms with E-state index in [-0.39, 0.29) is 0 Å². The summed E-state index contributed by atoms with van der Waals surface area (Å²) in [5.74, 6) is -24.8. The average molecular weight is 556 g/mol. The van der Waals surface area contributed by atoms with E-state index in [1.807, 2.05) is 0 Å². The van der Waals surface area contributed by atoms with E-state index in [1.165, 1.54) is 6.07 Å². The quantitative estimate of drug-likeness (QED) is 0.149. The van der Waals surface area contributed by atoms with E-state index in [4.69, 9.17) is 0 Å². The van der Waals surface area contributed by atoms with E-state index >= 15 is 0 Å². The summed E-state index contributed by atoms with van der Waals surface area (Å²) in [6.45, 7) is 0. The summed E-state index contributed by atoms with van der Waals surface area (Å²) in [6, 6.07) is 4.89. The van der Waals surface area contributed by atoms with E-state index in [2.05, 4.69) is 51.1 Å². The van der Waals surface area contributed by atoms with Crippen LogP contribution in [0.1, 0.15) is 0 Å². The second kappa shape index (κ2) is 8.14. The smallest absolute Gasteiger partial charge is 0.396 e. The predicted molar refractivity (Wildman–Crippen MR) is 86.8 cm³/mol. The van der Waals surface area contributed by atoms with Gasteiger partial charge >= 0.3 is 44.5 Å². The van der Waals surface area contributed by atoms with Crippen LogP contribution in [0.2, 0.25) is 0 Å². The van der Waals surface area contributed by atoms with Crippen LogP contribution in [0.5, 0.6) is 5.75 Å². The summed E-state index contributed by atoms with van der Waals surface area (Å²) in [5, 5.41) is -25.8. The number of carbonyl (C=O) groups excluding carboxylic acids is 1. The van der Waals surface area contributed by atoms with Gasteiger partial charge in [-0.2, -0.15) is 35.1 Å². The molecule has 0 aliphatic carbocycles. The van der Waals surface area contributed by atoms with Crippen molar-refractivity contribution in [1.82, 2.24) is 0 Å². The summed E-state index contributed by atoms with van der Waals surface area (Å²) in [6.07, 6.45) is 0. The van der Waals surface area contributed by atoms with Crippen molar-refractivity contribution < 1.29 is 57.8 Å². The third kappa shape index (κ3) is 4.22. The van der Waals surface area contributed by atoms with Gasteiger partial charge in [0.2, 0.25) is 0 Å². The normalized spacial score (nSPS) is 19.7. The highest BCUT2D eigenvalue weighted by Gasteiger charge is 2.90. The molecule has 2 nitrogen and oxygen atoms in total. The summed E-state index contributed by atoms with van der Waals surface area (Å²) < 4.78 is 155. The molecule has 0 saturated heterocycles. The number of para-hydroxylation sites is 1. The Morgan fingerprint density at radius 2 is 1.03 bits per heavy atom. The van der Waals surface area contributed by atoms with Crippen LogP contribution < -0.4 is 4.74 Å². The lowest BCUT2D eigenvalue weighted by molar-refractivity contribution is -0.304. The number of alkyl halides is 15.